The molecule has 10 rings (SSSR count). The molecule has 10 aromatic rings. The molecule has 0 aliphatic rings. The zero-order chi connectivity index (χ0) is 33.0. The monoisotopic (exact) mass is 640 g/mol. The number of hydrogen-bond acceptors (Lipinski definition) is 4. The molecule has 0 bridgehead atoms. The highest BCUT2D eigenvalue weighted by Gasteiger charge is 2.19. The zero-order valence-corrected chi connectivity index (χ0v) is 26.9. The fraction of sp³-hybridized carbons (Fsp3) is 0. The van der Waals surface area contributed by atoms with Crippen LogP contribution in [0.2, 0.25) is 0 Å². The van der Waals surface area contributed by atoms with Crippen LogP contribution in [-0.4, -0.2) is 19.7 Å². The summed E-state index contributed by atoms with van der Waals surface area (Å²) in [5.41, 5.74) is 10.5. The van der Waals surface area contributed by atoms with Gasteiger partial charge in [-0.2, -0.15) is 0 Å². The summed E-state index contributed by atoms with van der Waals surface area (Å²) in [5, 5.41) is 14.6. The minimum Gasteiger partial charge on any atom is -0.416 e. The minimum atomic E-state index is 0.500. The van der Waals surface area contributed by atoms with Crippen LogP contribution in [0.5, 0.6) is 0 Å². The van der Waals surface area contributed by atoms with E-state index in [2.05, 4.69) is 142 Å². The summed E-state index contributed by atoms with van der Waals surface area (Å²) in [4.78, 5) is 5.19. The number of pyridine rings is 1. The fourth-order valence-electron chi connectivity index (χ4n) is 7.26. The van der Waals surface area contributed by atoms with Gasteiger partial charge in [-0.25, -0.2) is 4.98 Å². The molecule has 0 aliphatic carbocycles. The van der Waals surface area contributed by atoms with Gasteiger partial charge in [0.05, 0.1) is 22.2 Å². The first-order valence-corrected chi connectivity index (χ1v) is 16.7. The van der Waals surface area contributed by atoms with Gasteiger partial charge in [0.15, 0.2) is 0 Å². The van der Waals surface area contributed by atoms with Gasteiger partial charge in [0.1, 0.15) is 0 Å². The summed E-state index contributed by atoms with van der Waals surface area (Å²) in [7, 11) is 0. The molecule has 234 valence electrons. The molecule has 0 N–H and O–H groups in total. The van der Waals surface area contributed by atoms with Gasteiger partial charge in [-0.05, 0) is 65.7 Å². The number of aromatic nitrogens is 4. The Morgan fingerprint density at radius 1 is 0.400 bits per heavy atom. The van der Waals surface area contributed by atoms with E-state index < -0.39 is 0 Å². The van der Waals surface area contributed by atoms with E-state index in [0.717, 1.165) is 66.5 Å². The van der Waals surface area contributed by atoms with Gasteiger partial charge in [-0.1, -0.05) is 115 Å². The third kappa shape index (κ3) is 4.52. The molecule has 0 saturated heterocycles. The van der Waals surface area contributed by atoms with E-state index in [1.54, 1.807) is 0 Å². The number of nitrogens with zero attached hydrogens (tertiary/aromatic N) is 4. The van der Waals surface area contributed by atoms with Crippen LogP contribution in [0.3, 0.4) is 0 Å². The van der Waals surface area contributed by atoms with Crippen molar-refractivity contribution in [1.82, 2.24) is 19.7 Å². The minimum absolute atomic E-state index is 0.500. The average Bonchev–Trinajstić information content (AvgIpc) is 3.82. The van der Waals surface area contributed by atoms with Crippen molar-refractivity contribution < 1.29 is 4.42 Å². The molecule has 3 heterocycles. The summed E-state index contributed by atoms with van der Waals surface area (Å²) in [6.07, 6.45) is 0. The predicted octanol–water partition coefficient (Wildman–Crippen LogP) is 11.5. The molecule has 7 aromatic carbocycles. The van der Waals surface area contributed by atoms with E-state index in [9.17, 15) is 0 Å². The first-order valence-electron chi connectivity index (χ1n) is 16.7. The van der Waals surface area contributed by atoms with Gasteiger partial charge < -0.3 is 8.98 Å². The molecule has 0 fully saturated rings. The van der Waals surface area contributed by atoms with Crippen LogP contribution >= 0.6 is 0 Å². The predicted molar refractivity (Wildman–Crippen MR) is 203 cm³/mol. The van der Waals surface area contributed by atoms with Crippen molar-refractivity contribution in [2.75, 3.05) is 0 Å². The molecule has 0 spiro atoms. The van der Waals surface area contributed by atoms with E-state index in [4.69, 9.17) is 9.40 Å². The van der Waals surface area contributed by atoms with E-state index >= 15 is 0 Å². The van der Waals surface area contributed by atoms with Crippen LogP contribution in [-0.2, 0) is 0 Å². The lowest BCUT2D eigenvalue weighted by atomic mass is 9.96. The smallest absolute Gasteiger partial charge is 0.248 e. The summed E-state index contributed by atoms with van der Waals surface area (Å²) < 4.78 is 8.40. The van der Waals surface area contributed by atoms with Crippen molar-refractivity contribution in [3.8, 4) is 51.0 Å². The van der Waals surface area contributed by atoms with Crippen molar-refractivity contribution in [2.45, 2.75) is 0 Å². The average molecular weight is 641 g/mol. The second kappa shape index (κ2) is 11.4. The number of para-hydroxylation sites is 2. The van der Waals surface area contributed by atoms with Gasteiger partial charge in [-0.3, -0.25) is 0 Å². The highest BCUT2D eigenvalue weighted by Crippen LogP contribution is 2.42. The molecule has 50 heavy (non-hydrogen) atoms. The van der Waals surface area contributed by atoms with Crippen LogP contribution in [0.1, 0.15) is 0 Å². The summed E-state index contributed by atoms with van der Waals surface area (Å²) >= 11 is 0. The lowest BCUT2D eigenvalue weighted by molar-refractivity contribution is 0.584. The number of rotatable bonds is 5. The summed E-state index contributed by atoms with van der Waals surface area (Å²) in [6, 6.07) is 59.1. The molecule has 0 radical (unpaired) electrons. The molecule has 5 nitrogen and oxygen atoms in total. The van der Waals surface area contributed by atoms with Gasteiger partial charge >= 0.3 is 0 Å². The van der Waals surface area contributed by atoms with E-state index in [1.165, 1.54) is 16.2 Å². The maximum absolute atomic E-state index is 6.01. The summed E-state index contributed by atoms with van der Waals surface area (Å²) in [6.45, 7) is 0. The molecule has 0 amide bonds. The maximum atomic E-state index is 6.01. The van der Waals surface area contributed by atoms with Crippen molar-refractivity contribution in [3.63, 3.8) is 0 Å². The molecule has 0 unspecified atom stereocenters. The van der Waals surface area contributed by atoms with E-state index in [0.29, 0.717) is 11.8 Å². The first kappa shape index (κ1) is 28.2. The normalized spacial score (nSPS) is 11.6. The Morgan fingerprint density at radius 3 is 1.80 bits per heavy atom. The van der Waals surface area contributed by atoms with Gasteiger partial charge in [0.2, 0.25) is 11.8 Å². The molecule has 0 aliphatic heterocycles. The van der Waals surface area contributed by atoms with Gasteiger partial charge in [0.25, 0.3) is 0 Å². The molecular formula is C45H28N4O. The Balaban J connectivity index is 1.12. The third-order valence-electron chi connectivity index (χ3n) is 9.56. The maximum Gasteiger partial charge on any atom is 0.248 e. The van der Waals surface area contributed by atoms with Crippen LogP contribution in [0.15, 0.2) is 174 Å². The molecule has 3 aromatic heterocycles. The first-order chi connectivity index (χ1) is 24.8. The highest BCUT2D eigenvalue weighted by atomic mass is 16.4. The Morgan fingerprint density at radius 2 is 1.02 bits per heavy atom. The Hall–Kier alpha value is -6.85. The SMILES string of the molecule is c1ccc(-c2nnc(-c3ccc(-c4cccc(-n5c6ccccc6c6c7c(ccc65)c(-c5ccccc5)nc5ccccc57)c4)cc3)o2)cc1. The second-order valence-electron chi connectivity index (χ2n) is 12.5. The lowest BCUT2D eigenvalue weighted by Gasteiger charge is -2.13. The molecule has 0 saturated carbocycles. The largest absolute Gasteiger partial charge is 0.416 e. The van der Waals surface area contributed by atoms with Crippen LogP contribution in [0.25, 0.3) is 94.5 Å². The second-order valence-corrected chi connectivity index (χ2v) is 12.5. The topological polar surface area (TPSA) is 56.7 Å². The molecule has 0 atom stereocenters. The molecular weight excluding hydrogens is 613 g/mol. The Kier molecular flexibility index (Phi) is 6.42. The van der Waals surface area contributed by atoms with Crippen LogP contribution in [0.4, 0.5) is 0 Å². The van der Waals surface area contributed by atoms with Gasteiger partial charge in [-0.15, -0.1) is 10.2 Å². The summed E-state index contributed by atoms with van der Waals surface area (Å²) in [5.74, 6) is 1.01. The highest BCUT2D eigenvalue weighted by molar-refractivity contribution is 6.29. The number of hydrogen-bond donors (Lipinski definition) is 0. The molecule has 5 heteroatoms. The van der Waals surface area contributed by atoms with Crippen LogP contribution in [0, 0.1) is 0 Å². The Bertz CT molecular complexity index is 2850. The quantitative estimate of drug-likeness (QED) is 0.176. The Labute approximate surface area is 287 Å². The lowest BCUT2D eigenvalue weighted by Crippen LogP contribution is -1.95. The number of fused-ring (bicyclic) bond motifs is 7. The van der Waals surface area contributed by atoms with Crippen LogP contribution < -0.4 is 0 Å². The van der Waals surface area contributed by atoms with E-state index in [-0.39, 0.29) is 0 Å². The van der Waals surface area contributed by atoms with Gasteiger partial charge in [0, 0.05) is 49.3 Å². The van der Waals surface area contributed by atoms with Crippen molar-refractivity contribution >= 4 is 43.5 Å². The fourth-order valence-corrected chi connectivity index (χ4v) is 7.26. The van der Waals surface area contributed by atoms with Crippen molar-refractivity contribution in [3.05, 3.63) is 170 Å². The zero-order valence-electron chi connectivity index (χ0n) is 26.9. The standard InChI is InChI=1S/C45H28N4O/c1-3-12-30(13-4-1)43-37-26-27-40-42(41(37)35-18-7-9-20-38(35)46-43)36-19-8-10-21-39(36)49(40)34-17-11-16-33(28-34)29-22-24-32(25-23-29)45-48-47-44(50-45)31-14-5-2-6-15-31/h1-28H. The van der Waals surface area contributed by atoms with Crippen molar-refractivity contribution in [1.29, 1.82) is 0 Å². The number of benzene rings is 7. The van der Waals surface area contributed by atoms with Crippen molar-refractivity contribution in [2.24, 2.45) is 0 Å². The van der Waals surface area contributed by atoms with E-state index in [1.807, 2.05) is 42.5 Å². The third-order valence-corrected chi connectivity index (χ3v) is 9.56.